The maximum absolute atomic E-state index is 9.69. The molecule has 0 fully saturated rings. The fraction of sp³-hybridized carbons (Fsp3) is 0.538. The summed E-state index contributed by atoms with van der Waals surface area (Å²) in [4.78, 5) is 0. The second kappa shape index (κ2) is 3.76. The number of aryl methyl sites for hydroxylation is 1. The van der Waals surface area contributed by atoms with E-state index in [0.717, 1.165) is 6.42 Å². The highest BCUT2D eigenvalue weighted by Crippen LogP contribution is 2.40. The van der Waals surface area contributed by atoms with E-state index in [1.807, 2.05) is 12.1 Å². The van der Waals surface area contributed by atoms with E-state index in [9.17, 15) is 5.11 Å². The van der Waals surface area contributed by atoms with E-state index in [2.05, 4.69) is 13.8 Å². The van der Waals surface area contributed by atoms with Crippen LogP contribution in [0.25, 0.3) is 0 Å². The van der Waals surface area contributed by atoms with Crippen molar-refractivity contribution in [3.8, 4) is 11.5 Å². The minimum Gasteiger partial charge on any atom is -0.504 e. The van der Waals surface area contributed by atoms with E-state index in [4.69, 9.17) is 4.74 Å². The van der Waals surface area contributed by atoms with Crippen LogP contribution in [0.15, 0.2) is 12.1 Å². The molecule has 0 heterocycles. The molecule has 0 radical (unpaired) electrons. The molecule has 0 aliphatic heterocycles. The highest BCUT2D eigenvalue weighted by atomic mass is 16.5. The number of aromatic hydroxyl groups is 1. The molecule has 1 aliphatic carbocycles. The Labute approximate surface area is 90.9 Å². The van der Waals surface area contributed by atoms with Crippen LogP contribution in [0.5, 0.6) is 11.5 Å². The van der Waals surface area contributed by atoms with E-state index in [1.165, 1.54) is 17.5 Å². The van der Waals surface area contributed by atoms with Gasteiger partial charge >= 0.3 is 0 Å². The van der Waals surface area contributed by atoms with Gasteiger partial charge in [-0.1, -0.05) is 13.8 Å². The molecule has 15 heavy (non-hydrogen) atoms. The number of methoxy groups -OCH3 is 1. The molecule has 1 aliphatic rings. The van der Waals surface area contributed by atoms with Crippen LogP contribution in [-0.4, -0.2) is 12.2 Å². The minimum absolute atomic E-state index is 0.262. The first-order valence-electron chi connectivity index (χ1n) is 5.53. The Balaban J connectivity index is 2.48. The number of ether oxygens (including phenoxy) is 1. The van der Waals surface area contributed by atoms with Gasteiger partial charge in [0.15, 0.2) is 11.5 Å². The van der Waals surface area contributed by atoms with Crippen LogP contribution < -0.4 is 4.74 Å². The standard InChI is InChI=1S/C13H18O2/c1-8-4-5-10-6-12(14)13(15-3)7-11(10)9(8)2/h6-9,14H,4-5H2,1-3H3. The quantitative estimate of drug-likeness (QED) is 0.765. The summed E-state index contributed by atoms with van der Waals surface area (Å²) in [5.41, 5.74) is 2.61. The largest absolute Gasteiger partial charge is 0.504 e. The molecule has 0 saturated carbocycles. The lowest BCUT2D eigenvalue weighted by molar-refractivity contribution is 0.366. The highest BCUT2D eigenvalue weighted by Gasteiger charge is 2.24. The first kappa shape index (κ1) is 10.3. The van der Waals surface area contributed by atoms with E-state index >= 15 is 0 Å². The summed E-state index contributed by atoms with van der Waals surface area (Å²) in [5.74, 6) is 2.13. The molecule has 2 unspecified atom stereocenters. The van der Waals surface area contributed by atoms with E-state index in [0.29, 0.717) is 17.6 Å². The molecule has 0 aromatic heterocycles. The first-order valence-corrected chi connectivity index (χ1v) is 5.53. The van der Waals surface area contributed by atoms with Crippen molar-refractivity contribution in [1.29, 1.82) is 0 Å². The Morgan fingerprint density at radius 1 is 1.33 bits per heavy atom. The third-order valence-electron chi connectivity index (χ3n) is 3.65. The molecule has 0 saturated heterocycles. The molecule has 2 atom stereocenters. The van der Waals surface area contributed by atoms with Crippen LogP contribution in [0.3, 0.4) is 0 Å². The van der Waals surface area contributed by atoms with Gasteiger partial charge in [0, 0.05) is 0 Å². The van der Waals surface area contributed by atoms with Crippen molar-refractivity contribution in [3.05, 3.63) is 23.3 Å². The zero-order valence-corrected chi connectivity index (χ0v) is 9.58. The Morgan fingerprint density at radius 3 is 2.73 bits per heavy atom. The predicted molar refractivity (Wildman–Crippen MR) is 60.6 cm³/mol. The third-order valence-corrected chi connectivity index (χ3v) is 3.65. The Morgan fingerprint density at radius 2 is 2.07 bits per heavy atom. The van der Waals surface area contributed by atoms with Crippen molar-refractivity contribution in [2.45, 2.75) is 32.6 Å². The maximum atomic E-state index is 9.69. The molecule has 1 aromatic carbocycles. The molecule has 82 valence electrons. The van der Waals surface area contributed by atoms with E-state index in [-0.39, 0.29) is 5.75 Å². The molecular weight excluding hydrogens is 188 g/mol. The Bertz CT molecular complexity index is 371. The van der Waals surface area contributed by atoms with Gasteiger partial charge in [0.25, 0.3) is 0 Å². The smallest absolute Gasteiger partial charge is 0.160 e. The van der Waals surface area contributed by atoms with E-state index in [1.54, 1.807) is 7.11 Å². The Hall–Kier alpha value is -1.18. The highest BCUT2D eigenvalue weighted by molar-refractivity contribution is 5.48. The second-order valence-corrected chi connectivity index (χ2v) is 4.53. The molecule has 0 amide bonds. The van der Waals surface area contributed by atoms with E-state index < -0.39 is 0 Å². The van der Waals surface area contributed by atoms with Gasteiger partial charge in [-0.15, -0.1) is 0 Å². The van der Waals surface area contributed by atoms with Crippen molar-refractivity contribution in [3.63, 3.8) is 0 Å². The fourth-order valence-corrected chi connectivity index (χ4v) is 2.37. The maximum Gasteiger partial charge on any atom is 0.160 e. The van der Waals surface area contributed by atoms with Gasteiger partial charge in [-0.25, -0.2) is 0 Å². The number of phenols is 1. The van der Waals surface area contributed by atoms with Gasteiger partial charge in [0.05, 0.1) is 7.11 Å². The normalized spacial score (nSPS) is 24.7. The van der Waals surface area contributed by atoms with Crippen molar-refractivity contribution < 1.29 is 9.84 Å². The monoisotopic (exact) mass is 206 g/mol. The van der Waals surface area contributed by atoms with Crippen molar-refractivity contribution in [1.82, 2.24) is 0 Å². The van der Waals surface area contributed by atoms with Crippen molar-refractivity contribution in [2.75, 3.05) is 7.11 Å². The number of phenolic OH excluding ortho intramolecular Hbond substituents is 1. The molecule has 2 rings (SSSR count). The predicted octanol–water partition coefficient (Wildman–Crippen LogP) is 3.09. The minimum atomic E-state index is 0.262. The summed E-state index contributed by atoms with van der Waals surface area (Å²) in [6.45, 7) is 4.53. The molecule has 0 spiro atoms. The summed E-state index contributed by atoms with van der Waals surface area (Å²) in [6.07, 6.45) is 2.28. The first-order chi connectivity index (χ1) is 7.13. The summed E-state index contributed by atoms with van der Waals surface area (Å²) >= 11 is 0. The third kappa shape index (κ3) is 1.69. The van der Waals surface area contributed by atoms with Crippen molar-refractivity contribution in [2.24, 2.45) is 5.92 Å². The van der Waals surface area contributed by atoms with Gasteiger partial charge in [-0.05, 0) is 47.9 Å². The number of hydrogen-bond acceptors (Lipinski definition) is 2. The zero-order chi connectivity index (χ0) is 11.0. The average molecular weight is 206 g/mol. The van der Waals surface area contributed by atoms with Crippen LogP contribution in [0, 0.1) is 5.92 Å². The number of hydrogen-bond donors (Lipinski definition) is 1. The summed E-state index contributed by atoms with van der Waals surface area (Å²) in [5, 5.41) is 9.69. The average Bonchev–Trinajstić information content (AvgIpc) is 2.23. The molecule has 2 nitrogen and oxygen atoms in total. The van der Waals surface area contributed by atoms with Gasteiger partial charge in [-0.3, -0.25) is 0 Å². The summed E-state index contributed by atoms with van der Waals surface area (Å²) in [7, 11) is 1.60. The van der Waals surface area contributed by atoms with Gasteiger partial charge < -0.3 is 9.84 Å². The van der Waals surface area contributed by atoms with Crippen LogP contribution in [-0.2, 0) is 6.42 Å². The van der Waals surface area contributed by atoms with Crippen molar-refractivity contribution >= 4 is 0 Å². The fourth-order valence-electron chi connectivity index (χ4n) is 2.37. The number of fused-ring (bicyclic) bond motifs is 1. The molecular formula is C13H18O2. The second-order valence-electron chi connectivity index (χ2n) is 4.53. The lowest BCUT2D eigenvalue weighted by atomic mass is 9.77. The number of rotatable bonds is 1. The molecule has 2 heteroatoms. The summed E-state index contributed by atoms with van der Waals surface area (Å²) in [6, 6.07) is 3.85. The van der Waals surface area contributed by atoms with Gasteiger partial charge in [0.2, 0.25) is 0 Å². The van der Waals surface area contributed by atoms with Crippen LogP contribution >= 0.6 is 0 Å². The number of benzene rings is 1. The molecule has 1 aromatic rings. The topological polar surface area (TPSA) is 29.5 Å². The lowest BCUT2D eigenvalue weighted by Gasteiger charge is -2.29. The molecule has 0 bridgehead atoms. The SMILES string of the molecule is COc1cc2c(cc1O)CCC(C)C2C. The van der Waals surface area contributed by atoms with Crippen LogP contribution in [0.2, 0.25) is 0 Å². The van der Waals surface area contributed by atoms with Gasteiger partial charge in [0.1, 0.15) is 0 Å². The lowest BCUT2D eigenvalue weighted by Crippen LogP contribution is -2.15. The molecule has 1 N–H and O–H groups in total. The summed E-state index contributed by atoms with van der Waals surface area (Å²) < 4.78 is 5.14. The van der Waals surface area contributed by atoms with Crippen LogP contribution in [0.1, 0.15) is 37.3 Å². The zero-order valence-electron chi connectivity index (χ0n) is 9.58. The van der Waals surface area contributed by atoms with Crippen LogP contribution in [0.4, 0.5) is 0 Å². The Kier molecular flexibility index (Phi) is 2.59. The van der Waals surface area contributed by atoms with Gasteiger partial charge in [-0.2, -0.15) is 0 Å².